The van der Waals surface area contributed by atoms with Gasteiger partial charge in [-0.3, -0.25) is 0 Å². The molecular weight excluding hydrogens is 186 g/mol. The Balaban J connectivity index is 2.14. The van der Waals surface area contributed by atoms with E-state index in [2.05, 4.69) is 4.99 Å². The summed E-state index contributed by atoms with van der Waals surface area (Å²) in [5, 5.41) is 28.4. The lowest BCUT2D eigenvalue weighted by Gasteiger charge is -2.36. The van der Waals surface area contributed by atoms with E-state index in [1.807, 2.05) is 0 Å². The molecule has 5 atom stereocenters. The third-order valence-electron chi connectivity index (χ3n) is 2.99. The number of ether oxygens (including phenoxy) is 1. The quantitative estimate of drug-likeness (QED) is 0.503. The average Bonchev–Trinajstić information content (AvgIpc) is 2.52. The van der Waals surface area contributed by atoms with Crippen LogP contribution in [0.15, 0.2) is 4.99 Å². The molecule has 1 aliphatic heterocycles. The number of hydrogen-bond acceptors (Lipinski definition) is 5. The number of aliphatic hydroxyl groups excluding tert-OH is 3. The molecule has 0 radical (unpaired) electrons. The SMILES string of the molecule is CC1=NC2[C@H](CC(CO)[C@@H](O)[C@@H]2O)O1. The van der Waals surface area contributed by atoms with Gasteiger partial charge in [-0.2, -0.15) is 0 Å². The Morgan fingerprint density at radius 2 is 2.14 bits per heavy atom. The van der Waals surface area contributed by atoms with Crippen LogP contribution in [0.4, 0.5) is 0 Å². The summed E-state index contributed by atoms with van der Waals surface area (Å²) in [5.74, 6) is 0.234. The molecule has 1 aliphatic carbocycles. The molecule has 0 aromatic rings. The fourth-order valence-electron chi connectivity index (χ4n) is 2.20. The van der Waals surface area contributed by atoms with Crippen molar-refractivity contribution in [2.24, 2.45) is 10.9 Å². The van der Waals surface area contributed by atoms with Crippen molar-refractivity contribution < 1.29 is 20.1 Å². The summed E-state index contributed by atoms with van der Waals surface area (Å²) in [6.45, 7) is 1.59. The molecule has 14 heavy (non-hydrogen) atoms. The standard InChI is InChI=1S/C9H15NO4/c1-4-10-7-6(14-4)2-5(3-11)8(12)9(7)13/h5-9,11-13H,2-3H2,1H3/t5?,6-,7?,8+,9+/m0/s1. The molecular formula is C9H15NO4. The first-order valence-electron chi connectivity index (χ1n) is 4.81. The summed E-state index contributed by atoms with van der Waals surface area (Å²) >= 11 is 0. The van der Waals surface area contributed by atoms with Crippen molar-refractivity contribution in [2.45, 2.75) is 37.7 Å². The summed E-state index contributed by atoms with van der Waals surface area (Å²) in [5.41, 5.74) is 0. The lowest BCUT2D eigenvalue weighted by atomic mass is 9.80. The van der Waals surface area contributed by atoms with Crippen molar-refractivity contribution in [2.75, 3.05) is 6.61 Å². The Morgan fingerprint density at radius 1 is 1.43 bits per heavy atom. The molecule has 5 nitrogen and oxygen atoms in total. The Kier molecular flexibility index (Phi) is 2.47. The Morgan fingerprint density at radius 3 is 2.79 bits per heavy atom. The highest BCUT2D eigenvalue weighted by molar-refractivity contribution is 5.75. The lowest BCUT2D eigenvalue weighted by Crippen LogP contribution is -2.52. The van der Waals surface area contributed by atoms with E-state index in [-0.39, 0.29) is 24.7 Å². The van der Waals surface area contributed by atoms with Crippen LogP contribution >= 0.6 is 0 Å². The van der Waals surface area contributed by atoms with Gasteiger partial charge in [-0.15, -0.1) is 0 Å². The monoisotopic (exact) mass is 201 g/mol. The van der Waals surface area contributed by atoms with Crippen molar-refractivity contribution in [1.29, 1.82) is 0 Å². The first-order chi connectivity index (χ1) is 6.63. The van der Waals surface area contributed by atoms with Crippen LogP contribution in [0.5, 0.6) is 0 Å². The molecule has 3 N–H and O–H groups in total. The average molecular weight is 201 g/mol. The van der Waals surface area contributed by atoms with E-state index in [1.54, 1.807) is 6.92 Å². The van der Waals surface area contributed by atoms with Crippen molar-refractivity contribution in [1.82, 2.24) is 0 Å². The van der Waals surface area contributed by atoms with E-state index >= 15 is 0 Å². The van der Waals surface area contributed by atoms with Crippen LogP contribution in [-0.2, 0) is 4.74 Å². The van der Waals surface area contributed by atoms with Crippen molar-refractivity contribution >= 4 is 5.90 Å². The van der Waals surface area contributed by atoms with E-state index in [0.29, 0.717) is 12.3 Å². The minimum Gasteiger partial charge on any atom is -0.476 e. The fraction of sp³-hybridized carbons (Fsp3) is 0.889. The van der Waals surface area contributed by atoms with E-state index in [9.17, 15) is 10.2 Å². The number of hydrogen-bond donors (Lipinski definition) is 3. The molecule has 0 aromatic heterocycles. The summed E-state index contributed by atoms with van der Waals surface area (Å²) in [4.78, 5) is 4.11. The van der Waals surface area contributed by atoms with Crippen LogP contribution in [0.1, 0.15) is 13.3 Å². The number of nitrogens with zero attached hydrogens (tertiary/aromatic N) is 1. The second-order valence-electron chi connectivity index (χ2n) is 3.95. The molecule has 2 rings (SSSR count). The first kappa shape index (κ1) is 9.89. The summed E-state index contributed by atoms with van der Waals surface area (Å²) in [6.07, 6.45) is -1.48. The van der Waals surface area contributed by atoms with Gasteiger partial charge < -0.3 is 20.1 Å². The maximum atomic E-state index is 9.72. The van der Waals surface area contributed by atoms with Gasteiger partial charge >= 0.3 is 0 Å². The zero-order valence-electron chi connectivity index (χ0n) is 8.00. The third kappa shape index (κ3) is 1.41. The van der Waals surface area contributed by atoms with Crippen molar-refractivity contribution in [3.05, 3.63) is 0 Å². The van der Waals surface area contributed by atoms with Crippen LogP contribution in [0, 0.1) is 5.92 Å². The van der Waals surface area contributed by atoms with Gasteiger partial charge in [0.05, 0.1) is 6.10 Å². The van der Waals surface area contributed by atoms with E-state index in [0.717, 1.165) is 0 Å². The number of aliphatic imine (C=N–C) groups is 1. The maximum absolute atomic E-state index is 9.72. The maximum Gasteiger partial charge on any atom is 0.180 e. The van der Waals surface area contributed by atoms with Crippen molar-refractivity contribution in [3.63, 3.8) is 0 Å². The minimum absolute atomic E-state index is 0.135. The summed E-state index contributed by atoms with van der Waals surface area (Å²) in [6, 6.07) is -0.368. The van der Waals surface area contributed by atoms with Gasteiger partial charge in [0.2, 0.25) is 0 Å². The summed E-state index contributed by atoms with van der Waals surface area (Å²) < 4.78 is 5.38. The fourth-order valence-corrected chi connectivity index (χ4v) is 2.20. The smallest absolute Gasteiger partial charge is 0.180 e. The molecule has 1 saturated carbocycles. The first-order valence-corrected chi connectivity index (χ1v) is 4.81. The van der Waals surface area contributed by atoms with Gasteiger partial charge in [0.1, 0.15) is 18.2 Å². The zero-order valence-corrected chi connectivity index (χ0v) is 8.00. The van der Waals surface area contributed by atoms with Crippen molar-refractivity contribution in [3.8, 4) is 0 Å². The highest BCUT2D eigenvalue weighted by Gasteiger charge is 2.46. The van der Waals surface area contributed by atoms with Crippen LogP contribution in [0.25, 0.3) is 0 Å². The molecule has 1 heterocycles. The topological polar surface area (TPSA) is 82.3 Å². The summed E-state index contributed by atoms with van der Waals surface area (Å²) in [7, 11) is 0. The van der Waals surface area contributed by atoms with Crippen LogP contribution in [0.2, 0.25) is 0 Å². The van der Waals surface area contributed by atoms with Crippen LogP contribution < -0.4 is 0 Å². The second kappa shape index (κ2) is 3.49. The number of aliphatic hydroxyl groups is 3. The molecule has 2 unspecified atom stereocenters. The predicted molar refractivity (Wildman–Crippen MR) is 49.0 cm³/mol. The molecule has 5 heteroatoms. The van der Waals surface area contributed by atoms with Gasteiger partial charge in [0, 0.05) is 19.4 Å². The zero-order chi connectivity index (χ0) is 10.3. The van der Waals surface area contributed by atoms with Gasteiger partial charge in [-0.05, 0) is 6.42 Å². The van der Waals surface area contributed by atoms with Gasteiger partial charge in [0.25, 0.3) is 0 Å². The van der Waals surface area contributed by atoms with E-state index in [1.165, 1.54) is 0 Å². The van der Waals surface area contributed by atoms with Gasteiger partial charge in [-0.25, -0.2) is 4.99 Å². The molecule has 2 aliphatic rings. The molecule has 0 saturated heterocycles. The Hall–Kier alpha value is -0.650. The Bertz CT molecular complexity index is 255. The Labute approximate surface area is 82.0 Å². The number of rotatable bonds is 1. The highest BCUT2D eigenvalue weighted by Crippen LogP contribution is 2.32. The molecule has 0 aromatic carbocycles. The number of fused-ring (bicyclic) bond motifs is 1. The normalized spacial score (nSPS) is 46.9. The largest absolute Gasteiger partial charge is 0.476 e. The molecule has 0 amide bonds. The highest BCUT2D eigenvalue weighted by atomic mass is 16.5. The van der Waals surface area contributed by atoms with Gasteiger partial charge in [0.15, 0.2) is 5.90 Å². The second-order valence-corrected chi connectivity index (χ2v) is 3.95. The van der Waals surface area contributed by atoms with Crippen LogP contribution in [-0.4, -0.2) is 52.2 Å². The predicted octanol–water partition coefficient (Wildman–Crippen LogP) is -1.09. The van der Waals surface area contributed by atoms with E-state index in [4.69, 9.17) is 9.84 Å². The molecule has 1 fully saturated rings. The minimum atomic E-state index is -0.927. The molecule has 0 bridgehead atoms. The third-order valence-corrected chi connectivity index (χ3v) is 2.99. The molecule has 80 valence electrons. The molecule has 0 spiro atoms. The van der Waals surface area contributed by atoms with Crippen LogP contribution in [0.3, 0.4) is 0 Å². The van der Waals surface area contributed by atoms with Gasteiger partial charge in [-0.1, -0.05) is 0 Å². The van der Waals surface area contributed by atoms with E-state index < -0.39 is 12.2 Å². The lowest BCUT2D eigenvalue weighted by molar-refractivity contribution is -0.0946.